The molecule has 14 heavy (non-hydrogen) atoms. The predicted molar refractivity (Wildman–Crippen MR) is 35.3 cm³/mol. The maximum atomic E-state index is 11.9. The largest absolute Gasteiger partial charge is 0.470 e. The van der Waals surface area contributed by atoms with Crippen molar-refractivity contribution in [1.29, 1.82) is 0 Å². The van der Waals surface area contributed by atoms with Gasteiger partial charge in [0.25, 0.3) is 0 Å². The molecule has 0 aromatic carbocycles. The second-order valence-corrected chi connectivity index (χ2v) is 2.13. The summed E-state index contributed by atoms with van der Waals surface area (Å²) in [6.07, 6.45) is -4.75. The second kappa shape index (κ2) is 3.64. The van der Waals surface area contributed by atoms with Crippen molar-refractivity contribution >= 4 is 5.97 Å². The molecule has 78 valence electrons. The summed E-state index contributed by atoms with van der Waals surface area (Å²) >= 11 is 0. The molecular weight excluding hydrogens is 205 g/mol. The lowest BCUT2D eigenvalue weighted by Gasteiger charge is -1.97. The summed E-state index contributed by atoms with van der Waals surface area (Å²) in [5, 5.41) is 5.54. The number of ether oxygens (including phenoxy) is 1. The number of carbonyl (C=O) groups excluding carboxylic acids is 1. The minimum absolute atomic E-state index is 0.0164. The van der Waals surface area contributed by atoms with Gasteiger partial charge in [-0.15, -0.1) is 10.2 Å². The first-order valence-electron chi connectivity index (χ1n) is 3.53. The topological polar surface area (TPSA) is 65.2 Å². The van der Waals surface area contributed by atoms with Crippen molar-refractivity contribution in [3.63, 3.8) is 0 Å². The molecule has 0 aliphatic heterocycles. The molecule has 1 aromatic rings. The van der Waals surface area contributed by atoms with Gasteiger partial charge in [0, 0.05) is 0 Å². The van der Waals surface area contributed by atoms with Gasteiger partial charge in [0.15, 0.2) is 0 Å². The highest BCUT2D eigenvalue weighted by Gasteiger charge is 2.39. The molecule has 0 atom stereocenters. The SMILES string of the molecule is CCOC(=O)c1nnc(C(F)(F)F)o1. The number of hydrogen-bond donors (Lipinski definition) is 0. The van der Waals surface area contributed by atoms with E-state index in [2.05, 4.69) is 19.4 Å². The third kappa shape index (κ3) is 2.21. The van der Waals surface area contributed by atoms with Crippen LogP contribution in [-0.2, 0) is 10.9 Å². The Balaban J connectivity index is 2.83. The number of rotatable bonds is 2. The standard InChI is InChI=1S/C6H5F3N2O3/c1-2-13-4(12)3-10-11-5(14-3)6(7,8)9/h2H2,1H3. The summed E-state index contributed by atoms with van der Waals surface area (Å²) in [6, 6.07) is 0. The Morgan fingerprint density at radius 1 is 1.50 bits per heavy atom. The van der Waals surface area contributed by atoms with E-state index in [4.69, 9.17) is 0 Å². The Hall–Kier alpha value is -1.60. The molecule has 0 aliphatic carbocycles. The summed E-state index contributed by atoms with van der Waals surface area (Å²) in [4.78, 5) is 10.8. The van der Waals surface area contributed by atoms with Crippen molar-refractivity contribution in [1.82, 2.24) is 10.2 Å². The molecule has 5 nitrogen and oxygen atoms in total. The monoisotopic (exact) mass is 210 g/mol. The molecule has 0 bridgehead atoms. The number of carbonyl (C=O) groups is 1. The van der Waals surface area contributed by atoms with Crippen LogP contribution in [0.4, 0.5) is 13.2 Å². The molecule has 1 rings (SSSR count). The fraction of sp³-hybridized carbons (Fsp3) is 0.500. The van der Waals surface area contributed by atoms with Crippen molar-refractivity contribution in [3.05, 3.63) is 11.8 Å². The Morgan fingerprint density at radius 3 is 2.57 bits per heavy atom. The first kappa shape index (κ1) is 10.5. The van der Waals surface area contributed by atoms with Gasteiger partial charge in [-0.05, 0) is 6.92 Å². The van der Waals surface area contributed by atoms with Crippen molar-refractivity contribution in [2.75, 3.05) is 6.61 Å². The summed E-state index contributed by atoms with van der Waals surface area (Å²) in [6.45, 7) is 1.52. The molecule has 0 saturated heterocycles. The van der Waals surface area contributed by atoms with Crippen molar-refractivity contribution in [2.45, 2.75) is 13.1 Å². The lowest BCUT2D eigenvalue weighted by molar-refractivity contribution is -0.157. The first-order valence-corrected chi connectivity index (χ1v) is 3.53. The third-order valence-corrected chi connectivity index (χ3v) is 1.12. The van der Waals surface area contributed by atoms with E-state index in [1.165, 1.54) is 6.92 Å². The second-order valence-electron chi connectivity index (χ2n) is 2.13. The highest BCUT2D eigenvalue weighted by molar-refractivity contribution is 5.83. The molecular formula is C6H5F3N2O3. The summed E-state index contributed by atoms with van der Waals surface area (Å²) in [7, 11) is 0. The van der Waals surface area contributed by atoms with Crippen molar-refractivity contribution in [2.24, 2.45) is 0 Å². The molecule has 0 aliphatic rings. The normalized spacial score (nSPS) is 11.4. The van der Waals surface area contributed by atoms with Gasteiger partial charge in [0.2, 0.25) is 0 Å². The Bertz CT molecular complexity index is 333. The average molecular weight is 210 g/mol. The summed E-state index contributed by atoms with van der Waals surface area (Å²) in [5.74, 6) is -3.45. The maximum Gasteiger partial charge on any atom is 0.470 e. The molecule has 8 heteroatoms. The first-order chi connectivity index (χ1) is 6.45. The highest BCUT2D eigenvalue weighted by Crippen LogP contribution is 2.27. The van der Waals surface area contributed by atoms with Crippen LogP contribution in [0.1, 0.15) is 23.5 Å². The van der Waals surface area contributed by atoms with Gasteiger partial charge in [0.05, 0.1) is 6.61 Å². The van der Waals surface area contributed by atoms with Crippen LogP contribution in [0.25, 0.3) is 0 Å². The molecule has 0 N–H and O–H groups in total. The molecule has 0 radical (unpaired) electrons. The van der Waals surface area contributed by atoms with Crippen LogP contribution >= 0.6 is 0 Å². The lowest BCUT2D eigenvalue weighted by Crippen LogP contribution is -2.05. The van der Waals surface area contributed by atoms with E-state index >= 15 is 0 Å². The van der Waals surface area contributed by atoms with Crippen LogP contribution < -0.4 is 0 Å². The third-order valence-electron chi connectivity index (χ3n) is 1.12. The smallest absolute Gasteiger partial charge is 0.459 e. The zero-order valence-corrected chi connectivity index (χ0v) is 6.96. The zero-order chi connectivity index (χ0) is 10.8. The van der Waals surface area contributed by atoms with E-state index < -0.39 is 23.9 Å². The highest BCUT2D eigenvalue weighted by atomic mass is 19.4. The number of halogens is 3. The van der Waals surface area contributed by atoms with Crippen molar-refractivity contribution < 1.29 is 27.1 Å². The van der Waals surface area contributed by atoms with E-state index in [0.29, 0.717) is 0 Å². The molecule has 1 heterocycles. The minimum atomic E-state index is -4.75. The zero-order valence-electron chi connectivity index (χ0n) is 6.96. The number of alkyl halides is 3. The molecule has 0 amide bonds. The van der Waals surface area contributed by atoms with Gasteiger partial charge in [-0.1, -0.05) is 0 Å². The van der Waals surface area contributed by atoms with Gasteiger partial charge in [0.1, 0.15) is 0 Å². The van der Waals surface area contributed by atoms with Gasteiger partial charge in [-0.25, -0.2) is 4.79 Å². The predicted octanol–water partition coefficient (Wildman–Crippen LogP) is 1.27. The Labute approximate surface area is 75.9 Å². The van der Waals surface area contributed by atoms with Gasteiger partial charge < -0.3 is 9.15 Å². The Kier molecular flexibility index (Phi) is 2.73. The maximum absolute atomic E-state index is 11.9. The minimum Gasteiger partial charge on any atom is -0.459 e. The molecule has 1 aromatic heterocycles. The fourth-order valence-corrected chi connectivity index (χ4v) is 0.613. The molecule has 0 saturated carbocycles. The molecule has 0 fully saturated rings. The summed E-state index contributed by atoms with van der Waals surface area (Å²) < 4.78 is 44.1. The van der Waals surface area contributed by atoms with E-state index in [1.807, 2.05) is 0 Å². The molecule has 0 spiro atoms. The van der Waals surface area contributed by atoms with E-state index in [1.54, 1.807) is 0 Å². The average Bonchev–Trinajstić information content (AvgIpc) is 2.51. The van der Waals surface area contributed by atoms with Crippen LogP contribution in [-0.4, -0.2) is 22.8 Å². The summed E-state index contributed by atoms with van der Waals surface area (Å²) in [5.41, 5.74) is 0. The number of esters is 1. The fourth-order valence-electron chi connectivity index (χ4n) is 0.613. The van der Waals surface area contributed by atoms with Crippen molar-refractivity contribution in [3.8, 4) is 0 Å². The van der Waals surface area contributed by atoms with Gasteiger partial charge >= 0.3 is 23.9 Å². The van der Waals surface area contributed by atoms with Crippen LogP contribution in [0.2, 0.25) is 0 Å². The number of aromatic nitrogens is 2. The van der Waals surface area contributed by atoms with Crippen LogP contribution in [0.3, 0.4) is 0 Å². The number of hydrogen-bond acceptors (Lipinski definition) is 5. The van der Waals surface area contributed by atoms with Crippen LogP contribution in [0.15, 0.2) is 4.42 Å². The lowest BCUT2D eigenvalue weighted by atomic mass is 10.6. The van der Waals surface area contributed by atoms with Gasteiger partial charge in [-0.2, -0.15) is 13.2 Å². The van der Waals surface area contributed by atoms with Crippen LogP contribution in [0, 0.1) is 0 Å². The van der Waals surface area contributed by atoms with E-state index in [-0.39, 0.29) is 6.61 Å². The van der Waals surface area contributed by atoms with E-state index in [9.17, 15) is 18.0 Å². The van der Waals surface area contributed by atoms with E-state index in [0.717, 1.165) is 0 Å². The molecule has 0 unspecified atom stereocenters. The number of nitrogens with zero attached hydrogens (tertiary/aromatic N) is 2. The quantitative estimate of drug-likeness (QED) is 0.687. The Morgan fingerprint density at radius 2 is 2.14 bits per heavy atom. The van der Waals surface area contributed by atoms with Gasteiger partial charge in [-0.3, -0.25) is 0 Å². The van der Waals surface area contributed by atoms with Crippen LogP contribution in [0.5, 0.6) is 0 Å².